The Morgan fingerprint density at radius 2 is 2.27 bits per heavy atom. The van der Waals surface area contributed by atoms with Crippen LogP contribution in [0.4, 0.5) is 0 Å². The standard InChI is InChI=1S/C12H16O3/c1-2-3-10-4-5-12(15-7-6-13)11(8-10)9-14/h4-5,8-9,13H,2-3,6-7H2,1H3. The molecule has 1 aromatic rings. The number of carbonyl (C=O) groups excluding carboxylic acids is 1. The molecular weight excluding hydrogens is 192 g/mol. The highest BCUT2D eigenvalue weighted by Crippen LogP contribution is 2.19. The molecule has 0 aliphatic heterocycles. The second-order valence-electron chi connectivity index (χ2n) is 3.31. The molecule has 3 heteroatoms. The summed E-state index contributed by atoms with van der Waals surface area (Å²) < 4.78 is 5.23. The van der Waals surface area contributed by atoms with Crippen LogP contribution in [0.3, 0.4) is 0 Å². The summed E-state index contributed by atoms with van der Waals surface area (Å²) >= 11 is 0. The van der Waals surface area contributed by atoms with E-state index in [0.29, 0.717) is 11.3 Å². The van der Waals surface area contributed by atoms with Gasteiger partial charge in [-0.1, -0.05) is 19.4 Å². The van der Waals surface area contributed by atoms with Crippen molar-refractivity contribution in [2.45, 2.75) is 19.8 Å². The molecule has 1 N–H and O–H groups in total. The average Bonchev–Trinajstić information content (AvgIpc) is 2.27. The monoisotopic (exact) mass is 208 g/mol. The van der Waals surface area contributed by atoms with Gasteiger partial charge >= 0.3 is 0 Å². The number of aryl methyl sites for hydroxylation is 1. The molecule has 0 amide bonds. The Kier molecular flexibility index (Phi) is 4.84. The zero-order valence-electron chi connectivity index (χ0n) is 8.90. The van der Waals surface area contributed by atoms with Crippen LogP contribution in [-0.2, 0) is 6.42 Å². The van der Waals surface area contributed by atoms with Crippen molar-refractivity contribution >= 4 is 6.29 Å². The molecule has 0 bridgehead atoms. The maximum absolute atomic E-state index is 10.8. The molecule has 0 aliphatic carbocycles. The summed E-state index contributed by atoms with van der Waals surface area (Å²) in [7, 11) is 0. The Labute approximate surface area is 89.7 Å². The van der Waals surface area contributed by atoms with Gasteiger partial charge in [0.25, 0.3) is 0 Å². The molecule has 0 unspecified atom stereocenters. The molecule has 0 atom stereocenters. The molecule has 82 valence electrons. The van der Waals surface area contributed by atoms with Gasteiger partial charge in [0.2, 0.25) is 0 Å². The van der Waals surface area contributed by atoms with Crippen LogP contribution in [0, 0.1) is 0 Å². The third kappa shape index (κ3) is 3.36. The molecule has 15 heavy (non-hydrogen) atoms. The molecule has 0 saturated carbocycles. The fourth-order valence-corrected chi connectivity index (χ4v) is 1.42. The summed E-state index contributed by atoms with van der Waals surface area (Å²) in [6, 6.07) is 5.57. The van der Waals surface area contributed by atoms with Crippen LogP contribution in [0.15, 0.2) is 18.2 Å². The molecule has 1 rings (SSSR count). The lowest BCUT2D eigenvalue weighted by Crippen LogP contribution is -2.04. The highest BCUT2D eigenvalue weighted by atomic mass is 16.5. The molecule has 0 radical (unpaired) electrons. The van der Waals surface area contributed by atoms with Crippen LogP contribution in [0.5, 0.6) is 5.75 Å². The Morgan fingerprint density at radius 3 is 2.87 bits per heavy atom. The van der Waals surface area contributed by atoms with Gasteiger partial charge < -0.3 is 9.84 Å². The summed E-state index contributed by atoms with van der Waals surface area (Å²) in [4.78, 5) is 10.8. The first-order valence-corrected chi connectivity index (χ1v) is 5.13. The SMILES string of the molecule is CCCc1ccc(OCCO)c(C=O)c1. The van der Waals surface area contributed by atoms with E-state index in [1.807, 2.05) is 12.1 Å². The van der Waals surface area contributed by atoms with Gasteiger partial charge in [0.05, 0.1) is 12.2 Å². The molecule has 0 spiro atoms. The quantitative estimate of drug-likeness (QED) is 0.725. The molecule has 0 aliphatic rings. The molecule has 0 fully saturated rings. The van der Waals surface area contributed by atoms with E-state index in [1.54, 1.807) is 6.07 Å². The van der Waals surface area contributed by atoms with Crippen LogP contribution in [-0.4, -0.2) is 24.6 Å². The van der Waals surface area contributed by atoms with Gasteiger partial charge in [-0.3, -0.25) is 4.79 Å². The van der Waals surface area contributed by atoms with Gasteiger partial charge in [-0.05, 0) is 24.1 Å². The van der Waals surface area contributed by atoms with E-state index in [1.165, 1.54) is 0 Å². The minimum absolute atomic E-state index is 0.0466. The largest absolute Gasteiger partial charge is 0.490 e. The van der Waals surface area contributed by atoms with E-state index in [9.17, 15) is 4.79 Å². The lowest BCUT2D eigenvalue weighted by molar-refractivity contribution is 0.111. The van der Waals surface area contributed by atoms with Crippen LogP contribution in [0.25, 0.3) is 0 Å². The third-order valence-corrected chi connectivity index (χ3v) is 2.09. The number of aliphatic hydroxyl groups excluding tert-OH is 1. The van der Waals surface area contributed by atoms with E-state index < -0.39 is 0 Å². The van der Waals surface area contributed by atoms with Gasteiger partial charge in [0.15, 0.2) is 6.29 Å². The number of hydrogen-bond acceptors (Lipinski definition) is 3. The van der Waals surface area contributed by atoms with E-state index >= 15 is 0 Å². The smallest absolute Gasteiger partial charge is 0.153 e. The second-order valence-corrected chi connectivity index (χ2v) is 3.31. The van der Waals surface area contributed by atoms with Crippen molar-refractivity contribution in [1.82, 2.24) is 0 Å². The molecule has 0 heterocycles. The number of aliphatic hydroxyl groups is 1. The minimum Gasteiger partial charge on any atom is -0.490 e. The van der Waals surface area contributed by atoms with Crippen molar-refractivity contribution < 1.29 is 14.6 Å². The lowest BCUT2D eigenvalue weighted by Gasteiger charge is -2.08. The van der Waals surface area contributed by atoms with E-state index in [4.69, 9.17) is 9.84 Å². The fourth-order valence-electron chi connectivity index (χ4n) is 1.42. The molecular formula is C12H16O3. The summed E-state index contributed by atoms with van der Waals surface area (Å²) in [5.41, 5.74) is 1.69. The van der Waals surface area contributed by atoms with Gasteiger partial charge in [-0.25, -0.2) is 0 Å². The topological polar surface area (TPSA) is 46.5 Å². The van der Waals surface area contributed by atoms with Crippen molar-refractivity contribution in [3.05, 3.63) is 29.3 Å². The Balaban J connectivity index is 2.83. The first-order valence-electron chi connectivity index (χ1n) is 5.13. The number of benzene rings is 1. The van der Waals surface area contributed by atoms with Crippen molar-refractivity contribution in [2.75, 3.05) is 13.2 Å². The fraction of sp³-hybridized carbons (Fsp3) is 0.417. The summed E-state index contributed by atoms with van der Waals surface area (Å²) in [5, 5.41) is 8.62. The van der Waals surface area contributed by atoms with Gasteiger partial charge in [-0.15, -0.1) is 0 Å². The van der Waals surface area contributed by atoms with E-state index in [0.717, 1.165) is 24.7 Å². The average molecular weight is 208 g/mol. The minimum atomic E-state index is -0.0466. The predicted molar refractivity (Wildman–Crippen MR) is 58.4 cm³/mol. The molecule has 0 saturated heterocycles. The van der Waals surface area contributed by atoms with E-state index in [2.05, 4.69) is 6.92 Å². The van der Waals surface area contributed by atoms with Crippen LogP contribution < -0.4 is 4.74 Å². The Bertz CT molecular complexity index is 321. The number of hydrogen-bond donors (Lipinski definition) is 1. The normalized spacial score (nSPS) is 10.0. The Hall–Kier alpha value is -1.35. The van der Waals surface area contributed by atoms with Crippen LogP contribution >= 0.6 is 0 Å². The van der Waals surface area contributed by atoms with Gasteiger partial charge in [-0.2, -0.15) is 0 Å². The van der Waals surface area contributed by atoms with Crippen molar-refractivity contribution in [2.24, 2.45) is 0 Å². The zero-order chi connectivity index (χ0) is 11.1. The van der Waals surface area contributed by atoms with Crippen LogP contribution in [0.1, 0.15) is 29.3 Å². The highest BCUT2D eigenvalue weighted by molar-refractivity contribution is 5.79. The van der Waals surface area contributed by atoms with Gasteiger partial charge in [0.1, 0.15) is 12.4 Å². The first-order chi connectivity index (χ1) is 7.31. The second kappa shape index (κ2) is 6.19. The van der Waals surface area contributed by atoms with E-state index in [-0.39, 0.29) is 13.2 Å². The number of aldehydes is 1. The number of carbonyl (C=O) groups is 1. The van der Waals surface area contributed by atoms with Crippen molar-refractivity contribution in [3.63, 3.8) is 0 Å². The molecule has 1 aromatic carbocycles. The molecule has 0 aromatic heterocycles. The first kappa shape index (κ1) is 11.7. The predicted octanol–water partition coefficient (Wildman–Crippen LogP) is 1.82. The lowest BCUT2D eigenvalue weighted by atomic mass is 10.1. The Morgan fingerprint density at radius 1 is 1.47 bits per heavy atom. The summed E-state index contributed by atoms with van der Waals surface area (Å²) in [6.07, 6.45) is 2.79. The maximum atomic E-state index is 10.8. The van der Waals surface area contributed by atoms with Crippen LogP contribution in [0.2, 0.25) is 0 Å². The summed E-state index contributed by atoms with van der Waals surface area (Å²) in [5.74, 6) is 0.541. The molecule has 3 nitrogen and oxygen atoms in total. The van der Waals surface area contributed by atoms with Gasteiger partial charge in [0, 0.05) is 0 Å². The maximum Gasteiger partial charge on any atom is 0.153 e. The zero-order valence-corrected chi connectivity index (χ0v) is 8.90. The van der Waals surface area contributed by atoms with Crippen molar-refractivity contribution in [3.8, 4) is 5.75 Å². The highest BCUT2D eigenvalue weighted by Gasteiger charge is 2.03. The summed E-state index contributed by atoms with van der Waals surface area (Å²) in [6.45, 7) is 2.26. The number of rotatable bonds is 6. The number of ether oxygens (including phenoxy) is 1. The third-order valence-electron chi connectivity index (χ3n) is 2.09. The van der Waals surface area contributed by atoms with Crippen molar-refractivity contribution in [1.29, 1.82) is 0 Å².